The lowest BCUT2D eigenvalue weighted by Crippen LogP contribution is -2.41. The minimum atomic E-state index is -1.28. The Labute approximate surface area is 175 Å². The van der Waals surface area contributed by atoms with Gasteiger partial charge in [0.25, 0.3) is 5.56 Å². The Hall–Kier alpha value is -1.39. The van der Waals surface area contributed by atoms with Crippen LogP contribution in [0.25, 0.3) is 10.8 Å². The van der Waals surface area contributed by atoms with Gasteiger partial charge in [0.2, 0.25) is 0 Å². The Kier molecular flexibility index (Phi) is 5.68. The number of H-pyrrole nitrogens is 1. The standard InChI is InChI=1S/C20H30BN3O4S/c1-12(24-29(26)18(2,3)4)16-15-11-13(9-10-14(15)17(25)23-22-16)21-27-19(5,6)20(7,8)28-21/h9-12,24H,1-8H3,(H,23,25)/t12-,29?/m1/s1. The Morgan fingerprint density at radius 3 is 2.31 bits per heavy atom. The molecule has 2 heterocycles. The van der Waals surface area contributed by atoms with Gasteiger partial charge in [-0.3, -0.25) is 4.79 Å². The Bertz CT molecular complexity index is 954. The second-order valence-corrected chi connectivity index (χ2v) is 11.5. The summed E-state index contributed by atoms with van der Waals surface area (Å²) in [5.74, 6) is 0. The third kappa shape index (κ3) is 4.25. The molecule has 2 N–H and O–H groups in total. The van der Waals surface area contributed by atoms with E-state index >= 15 is 0 Å². The normalized spacial score (nSPS) is 20.8. The third-order valence-corrected chi connectivity index (χ3v) is 7.30. The molecule has 158 valence electrons. The maximum Gasteiger partial charge on any atom is 0.494 e. The molecule has 2 aromatic rings. The SMILES string of the molecule is C[C@@H](N[S+]([O-])C(C)(C)C)c1n[nH]c(=O)c2ccc(B3OC(C)(C)C(C)(C)O3)cc12. The molecule has 3 rings (SSSR count). The van der Waals surface area contributed by atoms with Crippen molar-refractivity contribution in [3.63, 3.8) is 0 Å². The molecule has 7 nitrogen and oxygen atoms in total. The van der Waals surface area contributed by atoms with Crippen molar-refractivity contribution in [3.05, 3.63) is 34.2 Å². The smallest absolute Gasteiger partial charge is 0.494 e. The summed E-state index contributed by atoms with van der Waals surface area (Å²) >= 11 is -1.28. The first-order chi connectivity index (χ1) is 13.2. The van der Waals surface area contributed by atoms with Gasteiger partial charge in [0.1, 0.15) is 4.75 Å². The van der Waals surface area contributed by atoms with Crippen molar-refractivity contribution in [2.75, 3.05) is 0 Å². The van der Waals surface area contributed by atoms with Crippen LogP contribution in [0.3, 0.4) is 0 Å². The zero-order valence-electron chi connectivity index (χ0n) is 18.4. The molecule has 29 heavy (non-hydrogen) atoms. The summed E-state index contributed by atoms with van der Waals surface area (Å²) in [7, 11) is -0.538. The van der Waals surface area contributed by atoms with E-state index in [0.29, 0.717) is 16.5 Å². The molecule has 1 unspecified atom stereocenters. The van der Waals surface area contributed by atoms with Crippen molar-refractivity contribution >= 4 is 34.7 Å². The Morgan fingerprint density at radius 2 is 1.76 bits per heavy atom. The number of nitrogens with one attached hydrogen (secondary N) is 2. The molecule has 1 aliphatic rings. The van der Waals surface area contributed by atoms with Gasteiger partial charge in [0.05, 0.1) is 28.3 Å². The van der Waals surface area contributed by atoms with Crippen molar-refractivity contribution in [2.24, 2.45) is 0 Å². The molecule has 1 aliphatic heterocycles. The van der Waals surface area contributed by atoms with Crippen molar-refractivity contribution in [1.29, 1.82) is 0 Å². The number of rotatable bonds is 4. The van der Waals surface area contributed by atoms with Gasteiger partial charge < -0.3 is 13.9 Å². The lowest BCUT2D eigenvalue weighted by atomic mass is 9.78. The average molecular weight is 419 g/mol. The van der Waals surface area contributed by atoms with Crippen LogP contribution in [0, 0.1) is 0 Å². The van der Waals surface area contributed by atoms with Crippen LogP contribution in [0.15, 0.2) is 23.0 Å². The maximum atomic E-state index is 12.5. The van der Waals surface area contributed by atoms with E-state index in [1.165, 1.54) is 0 Å². The van der Waals surface area contributed by atoms with Crippen LogP contribution < -0.4 is 15.7 Å². The summed E-state index contributed by atoms with van der Waals surface area (Å²) in [5.41, 5.74) is 0.249. The predicted octanol–water partition coefficient (Wildman–Crippen LogP) is 2.34. The van der Waals surface area contributed by atoms with Gasteiger partial charge in [-0.15, -0.1) is 4.72 Å². The molecule has 1 fully saturated rings. The van der Waals surface area contributed by atoms with E-state index in [4.69, 9.17) is 9.31 Å². The van der Waals surface area contributed by atoms with Gasteiger partial charge >= 0.3 is 7.12 Å². The fourth-order valence-corrected chi connectivity index (χ4v) is 3.84. The summed E-state index contributed by atoms with van der Waals surface area (Å²) in [6.45, 7) is 15.6. The maximum absolute atomic E-state index is 12.5. The fraction of sp³-hybridized carbons (Fsp3) is 0.600. The van der Waals surface area contributed by atoms with Crippen LogP contribution >= 0.6 is 0 Å². The molecular formula is C20H30BN3O4S. The van der Waals surface area contributed by atoms with E-state index in [0.717, 1.165) is 5.46 Å². The minimum absolute atomic E-state index is 0.270. The molecule has 0 spiro atoms. The molecule has 0 amide bonds. The highest BCUT2D eigenvalue weighted by Crippen LogP contribution is 2.36. The molecule has 0 radical (unpaired) electrons. The first kappa shape index (κ1) is 22.3. The highest BCUT2D eigenvalue weighted by Gasteiger charge is 2.51. The quantitative estimate of drug-likeness (QED) is 0.583. The van der Waals surface area contributed by atoms with Gasteiger partial charge in [-0.1, -0.05) is 12.1 Å². The van der Waals surface area contributed by atoms with Gasteiger partial charge in [-0.25, -0.2) is 5.10 Å². The molecule has 0 bridgehead atoms. The summed E-state index contributed by atoms with van der Waals surface area (Å²) in [6.07, 6.45) is 0. The van der Waals surface area contributed by atoms with E-state index in [1.807, 2.05) is 67.5 Å². The lowest BCUT2D eigenvalue weighted by Gasteiger charge is -2.32. The number of aromatic nitrogens is 2. The topological polar surface area (TPSA) is 99.3 Å². The Morgan fingerprint density at radius 1 is 1.17 bits per heavy atom. The van der Waals surface area contributed by atoms with Gasteiger partial charge in [-0.05, 0) is 66.9 Å². The predicted molar refractivity (Wildman–Crippen MR) is 118 cm³/mol. The number of hydrogen-bond acceptors (Lipinski definition) is 6. The average Bonchev–Trinajstić information content (AvgIpc) is 2.81. The van der Waals surface area contributed by atoms with Crippen molar-refractivity contribution in [1.82, 2.24) is 14.9 Å². The van der Waals surface area contributed by atoms with Crippen molar-refractivity contribution < 1.29 is 13.9 Å². The number of aromatic amines is 1. The first-order valence-electron chi connectivity index (χ1n) is 9.79. The molecule has 0 aliphatic carbocycles. The molecule has 9 heteroatoms. The number of benzene rings is 1. The number of fused-ring (bicyclic) bond motifs is 1. The first-order valence-corrected chi connectivity index (χ1v) is 10.9. The van der Waals surface area contributed by atoms with Crippen LogP contribution in [0.2, 0.25) is 0 Å². The monoisotopic (exact) mass is 419 g/mol. The zero-order chi connectivity index (χ0) is 21.8. The van der Waals surface area contributed by atoms with Crippen LogP contribution in [-0.2, 0) is 20.7 Å². The largest absolute Gasteiger partial charge is 0.598 e. The van der Waals surface area contributed by atoms with E-state index in [9.17, 15) is 9.35 Å². The lowest BCUT2D eigenvalue weighted by molar-refractivity contribution is 0.00578. The molecular weight excluding hydrogens is 389 g/mol. The van der Waals surface area contributed by atoms with E-state index < -0.39 is 34.4 Å². The van der Waals surface area contributed by atoms with Crippen LogP contribution in [0.1, 0.15) is 67.1 Å². The summed E-state index contributed by atoms with van der Waals surface area (Å²) in [6, 6.07) is 5.15. The zero-order valence-corrected chi connectivity index (χ0v) is 19.2. The van der Waals surface area contributed by atoms with Crippen LogP contribution in [0.5, 0.6) is 0 Å². The molecule has 1 aromatic carbocycles. The van der Waals surface area contributed by atoms with Crippen molar-refractivity contribution in [3.8, 4) is 0 Å². The second kappa shape index (κ2) is 7.39. The van der Waals surface area contributed by atoms with E-state index in [1.54, 1.807) is 6.07 Å². The highest BCUT2D eigenvalue weighted by molar-refractivity contribution is 7.90. The van der Waals surface area contributed by atoms with E-state index in [2.05, 4.69) is 14.9 Å². The number of nitrogens with zero attached hydrogens (tertiary/aromatic N) is 1. The Balaban J connectivity index is 2.01. The van der Waals surface area contributed by atoms with Gasteiger partial charge in [0.15, 0.2) is 0 Å². The highest BCUT2D eigenvalue weighted by atomic mass is 32.2. The fourth-order valence-electron chi connectivity index (χ4n) is 3.05. The minimum Gasteiger partial charge on any atom is -0.598 e. The number of hydrogen-bond donors (Lipinski definition) is 2. The van der Waals surface area contributed by atoms with Gasteiger partial charge in [-0.2, -0.15) is 5.10 Å². The molecule has 2 atom stereocenters. The van der Waals surface area contributed by atoms with E-state index in [-0.39, 0.29) is 11.6 Å². The van der Waals surface area contributed by atoms with Crippen molar-refractivity contribution in [2.45, 2.75) is 77.4 Å². The summed E-state index contributed by atoms with van der Waals surface area (Å²) in [5, 5.41) is 8.00. The van der Waals surface area contributed by atoms with Crippen LogP contribution in [0.4, 0.5) is 0 Å². The second-order valence-electron chi connectivity index (χ2n) is 9.55. The van der Waals surface area contributed by atoms with Gasteiger partial charge in [0, 0.05) is 16.7 Å². The summed E-state index contributed by atoms with van der Waals surface area (Å²) < 4.78 is 27.5. The third-order valence-electron chi connectivity index (χ3n) is 5.62. The molecule has 1 saturated heterocycles. The van der Waals surface area contributed by atoms with Crippen LogP contribution in [-0.4, -0.2) is 37.8 Å². The molecule has 1 aromatic heterocycles. The molecule has 0 saturated carbocycles. The summed E-state index contributed by atoms with van der Waals surface area (Å²) in [4.78, 5) is 12.3.